The summed E-state index contributed by atoms with van der Waals surface area (Å²) in [6.45, 7) is 5.19. The Kier molecular flexibility index (Phi) is 5.15. The second-order valence-electron chi connectivity index (χ2n) is 6.61. The molecular formula is C19H22FN5O2. The first-order valence-corrected chi connectivity index (χ1v) is 9.15. The highest BCUT2D eigenvalue weighted by Gasteiger charge is 2.26. The number of aromatic nitrogens is 2. The molecule has 0 N–H and O–H groups in total. The zero-order chi connectivity index (χ0) is 18.6. The minimum absolute atomic E-state index is 0.0124. The summed E-state index contributed by atoms with van der Waals surface area (Å²) < 4.78 is 18.8. The quantitative estimate of drug-likeness (QED) is 0.813. The Labute approximate surface area is 157 Å². The van der Waals surface area contributed by atoms with Gasteiger partial charge in [0.2, 0.25) is 0 Å². The van der Waals surface area contributed by atoms with Crippen molar-refractivity contribution in [2.75, 3.05) is 62.3 Å². The Hall–Kier alpha value is -2.74. The molecular weight excluding hydrogens is 349 g/mol. The molecule has 0 aromatic carbocycles. The third-order valence-corrected chi connectivity index (χ3v) is 4.95. The van der Waals surface area contributed by atoms with Crippen molar-refractivity contribution in [3.8, 4) is 0 Å². The molecule has 0 spiro atoms. The third kappa shape index (κ3) is 3.85. The molecule has 7 nitrogen and oxygen atoms in total. The number of piperazine rings is 1. The molecule has 2 aliphatic rings. The van der Waals surface area contributed by atoms with E-state index < -0.39 is 0 Å². The lowest BCUT2D eigenvalue weighted by Gasteiger charge is -2.36. The highest BCUT2D eigenvalue weighted by Crippen LogP contribution is 2.22. The van der Waals surface area contributed by atoms with Crippen molar-refractivity contribution in [2.24, 2.45) is 0 Å². The molecule has 0 aliphatic carbocycles. The molecule has 0 atom stereocenters. The molecule has 2 aromatic rings. The van der Waals surface area contributed by atoms with Gasteiger partial charge in [-0.15, -0.1) is 0 Å². The molecule has 2 fully saturated rings. The average molecular weight is 371 g/mol. The number of amides is 1. The molecule has 2 aliphatic heterocycles. The summed E-state index contributed by atoms with van der Waals surface area (Å²) >= 11 is 0. The van der Waals surface area contributed by atoms with Gasteiger partial charge in [0.15, 0.2) is 0 Å². The number of pyridine rings is 2. The summed E-state index contributed by atoms with van der Waals surface area (Å²) in [6, 6.07) is 5.11. The fraction of sp³-hybridized carbons (Fsp3) is 0.421. The van der Waals surface area contributed by atoms with E-state index in [0.717, 1.165) is 24.6 Å². The zero-order valence-electron chi connectivity index (χ0n) is 15.1. The molecule has 0 unspecified atom stereocenters. The Morgan fingerprint density at radius 3 is 2.56 bits per heavy atom. The number of hydrogen-bond donors (Lipinski definition) is 0. The second-order valence-corrected chi connectivity index (χ2v) is 6.61. The van der Waals surface area contributed by atoms with E-state index in [1.54, 1.807) is 18.5 Å². The van der Waals surface area contributed by atoms with E-state index in [2.05, 4.69) is 14.9 Å². The fourth-order valence-electron chi connectivity index (χ4n) is 3.50. The van der Waals surface area contributed by atoms with E-state index in [1.807, 2.05) is 15.9 Å². The number of carbonyl (C=O) groups excluding carboxylic acids is 1. The first kappa shape index (κ1) is 17.7. The van der Waals surface area contributed by atoms with Gasteiger partial charge < -0.3 is 19.4 Å². The predicted octanol–water partition coefficient (Wildman–Crippen LogP) is 1.41. The largest absolute Gasteiger partial charge is 0.378 e. The standard InChI is InChI=1S/C19H22FN5O2/c20-15-12-16(14-21-13-15)23-4-6-25(7-5-23)19(26)17-2-1-3-22-18(17)24-8-10-27-11-9-24/h1-3,12-14H,4-11H2. The van der Waals surface area contributed by atoms with Crippen molar-refractivity contribution >= 4 is 17.4 Å². The van der Waals surface area contributed by atoms with Gasteiger partial charge in [0, 0.05) is 51.5 Å². The number of anilines is 2. The van der Waals surface area contributed by atoms with Gasteiger partial charge in [-0.25, -0.2) is 9.37 Å². The van der Waals surface area contributed by atoms with Crippen LogP contribution in [0.15, 0.2) is 36.8 Å². The van der Waals surface area contributed by atoms with Gasteiger partial charge in [-0.3, -0.25) is 9.78 Å². The van der Waals surface area contributed by atoms with E-state index in [-0.39, 0.29) is 11.7 Å². The fourth-order valence-corrected chi connectivity index (χ4v) is 3.50. The molecule has 4 rings (SSSR count). The lowest BCUT2D eigenvalue weighted by atomic mass is 10.1. The lowest BCUT2D eigenvalue weighted by molar-refractivity contribution is 0.0745. The molecule has 2 aromatic heterocycles. The topological polar surface area (TPSA) is 61.8 Å². The van der Waals surface area contributed by atoms with Gasteiger partial charge in [0.1, 0.15) is 11.6 Å². The highest BCUT2D eigenvalue weighted by atomic mass is 19.1. The van der Waals surface area contributed by atoms with Crippen LogP contribution in [0.4, 0.5) is 15.9 Å². The summed E-state index contributed by atoms with van der Waals surface area (Å²) in [5, 5.41) is 0. The van der Waals surface area contributed by atoms with Gasteiger partial charge in [-0.1, -0.05) is 0 Å². The first-order chi connectivity index (χ1) is 13.2. The smallest absolute Gasteiger partial charge is 0.257 e. The normalized spacial score (nSPS) is 17.9. The molecule has 2 saturated heterocycles. The van der Waals surface area contributed by atoms with Gasteiger partial charge in [-0.2, -0.15) is 0 Å². The SMILES string of the molecule is O=C(c1cccnc1N1CCOCC1)N1CCN(c2cncc(F)c2)CC1. The van der Waals surface area contributed by atoms with E-state index in [4.69, 9.17) is 4.74 Å². The minimum Gasteiger partial charge on any atom is -0.378 e. The van der Waals surface area contributed by atoms with Crippen LogP contribution in [-0.2, 0) is 4.74 Å². The van der Waals surface area contributed by atoms with Crippen molar-refractivity contribution in [3.05, 3.63) is 48.2 Å². The van der Waals surface area contributed by atoms with Crippen molar-refractivity contribution in [2.45, 2.75) is 0 Å². The summed E-state index contributed by atoms with van der Waals surface area (Å²) in [5.74, 6) is 0.362. The van der Waals surface area contributed by atoms with Gasteiger partial charge >= 0.3 is 0 Å². The van der Waals surface area contributed by atoms with Crippen LogP contribution in [0.25, 0.3) is 0 Å². The predicted molar refractivity (Wildman–Crippen MR) is 99.6 cm³/mol. The van der Waals surface area contributed by atoms with E-state index in [0.29, 0.717) is 45.0 Å². The van der Waals surface area contributed by atoms with Gasteiger partial charge in [-0.05, 0) is 12.1 Å². The zero-order valence-corrected chi connectivity index (χ0v) is 15.1. The third-order valence-electron chi connectivity index (χ3n) is 4.95. The summed E-state index contributed by atoms with van der Waals surface area (Å²) in [7, 11) is 0. The van der Waals surface area contributed by atoms with E-state index in [9.17, 15) is 9.18 Å². The maximum Gasteiger partial charge on any atom is 0.257 e. The molecule has 0 radical (unpaired) electrons. The van der Waals surface area contributed by atoms with Crippen LogP contribution < -0.4 is 9.80 Å². The molecule has 8 heteroatoms. The van der Waals surface area contributed by atoms with E-state index in [1.165, 1.54) is 12.3 Å². The van der Waals surface area contributed by atoms with Crippen molar-refractivity contribution in [1.82, 2.24) is 14.9 Å². The van der Waals surface area contributed by atoms with E-state index >= 15 is 0 Å². The van der Waals surface area contributed by atoms with Crippen LogP contribution in [0, 0.1) is 5.82 Å². The Balaban J connectivity index is 1.45. The van der Waals surface area contributed by atoms with Crippen molar-refractivity contribution < 1.29 is 13.9 Å². The van der Waals surface area contributed by atoms with Crippen molar-refractivity contribution in [3.63, 3.8) is 0 Å². The summed E-state index contributed by atoms with van der Waals surface area (Å²) in [5.41, 5.74) is 1.37. The number of nitrogens with zero attached hydrogens (tertiary/aromatic N) is 5. The molecule has 1 amide bonds. The number of hydrogen-bond acceptors (Lipinski definition) is 6. The molecule has 0 bridgehead atoms. The number of ether oxygens (including phenoxy) is 1. The van der Waals surface area contributed by atoms with Crippen LogP contribution in [0.3, 0.4) is 0 Å². The van der Waals surface area contributed by atoms with Crippen LogP contribution >= 0.6 is 0 Å². The van der Waals surface area contributed by atoms with Crippen LogP contribution in [0.2, 0.25) is 0 Å². The molecule has 27 heavy (non-hydrogen) atoms. The molecule has 4 heterocycles. The molecule has 142 valence electrons. The second kappa shape index (κ2) is 7.87. The minimum atomic E-state index is -0.350. The van der Waals surface area contributed by atoms with Gasteiger partial charge in [0.25, 0.3) is 5.91 Å². The van der Waals surface area contributed by atoms with Gasteiger partial charge in [0.05, 0.1) is 36.9 Å². The van der Waals surface area contributed by atoms with Crippen LogP contribution in [0.1, 0.15) is 10.4 Å². The number of carbonyl (C=O) groups is 1. The monoisotopic (exact) mass is 371 g/mol. The highest BCUT2D eigenvalue weighted by molar-refractivity contribution is 5.99. The Bertz CT molecular complexity index is 804. The first-order valence-electron chi connectivity index (χ1n) is 9.15. The van der Waals surface area contributed by atoms with Crippen LogP contribution in [-0.4, -0.2) is 73.3 Å². The number of halogens is 1. The Morgan fingerprint density at radius 1 is 1.04 bits per heavy atom. The number of rotatable bonds is 3. The summed E-state index contributed by atoms with van der Waals surface area (Å²) in [6.07, 6.45) is 4.56. The average Bonchev–Trinajstić information content (AvgIpc) is 2.74. The van der Waals surface area contributed by atoms with Crippen molar-refractivity contribution in [1.29, 1.82) is 0 Å². The Morgan fingerprint density at radius 2 is 1.81 bits per heavy atom. The maximum absolute atomic E-state index is 13.4. The van der Waals surface area contributed by atoms with Crippen LogP contribution in [0.5, 0.6) is 0 Å². The summed E-state index contributed by atoms with van der Waals surface area (Å²) in [4.78, 5) is 27.4. The number of morpholine rings is 1. The lowest BCUT2D eigenvalue weighted by Crippen LogP contribution is -2.49. The molecule has 0 saturated carbocycles. The maximum atomic E-state index is 13.4.